The van der Waals surface area contributed by atoms with Gasteiger partial charge in [-0.2, -0.15) is 0 Å². The van der Waals surface area contributed by atoms with Crippen molar-refractivity contribution in [3.63, 3.8) is 0 Å². The van der Waals surface area contributed by atoms with Crippen LogP contribution in [0.5, 0.6) is 0 Å². The molecule has 0 amide bonds. The molecule has 140 valence electrons. The normalized spacial score (nSPS) is 12.1. The molecule has 0 saturated heterocycles. The smallest absolute Gasteiger partial charge is 0.187 e. The third-order valence-electron chi connectivity index (χ3n) is 4.71. The molecule has 0 aliphatic rings. The summed E-state index contributed by atoms with van der Waals surface area (Å²) in [5.74, 6) is 0.153. The van der Waals surface area contributed by atoms with Gasteiger partial charge in [0.15, 0.2) is 5.13 Å². The van der Waals surface area contributed by atoms with Gasteiger partial charge in [-0.3, -0.25) is 0 Å². The van der Waals surface area contributed by atoms with E-state index in [1.54, 1.807) is 11.3 Å². The molecular weight excluding hydrogens is 428 g/mol. The van der Waals surface area contributed by atoms with E-state index in [0.29, 0.717) is 0 Å². The summed E-state index contributed by atoms with van der Waals surface area (Å²) >= 11 is 5.23. The number of rotatable bonds is 6. The Labute approximate surface area is 178 Å². The van der Waals surface area contributed by atoms with Gasteiger partial charge in [0, 0.05) is 17.0 Å². The first-order chi connectivity index (χ1) is 13.7. The maximum absolute atomic E-state index is 4.71. The maximum Gasteiger partial charge on any atom is 0.187 e. The molecule has 4 heteroatoms. The van der Waals surface area contributed by atoms with E-state index in [4.69, 9.17) is 4.98 Å². The van der Waals surface area contributed by atoms with E-state index in [1.807, 2.05) is 0 Å². The number of halogens is 1. The maximum atomic E-state index is 4.71. The fraction of sp³-hybridized carbons (Fsp3) is 0.125. The molecule has 1 aromatic heterocycles. The number of nitrogens with zero attached hydrogens (tertiary/aromatic N) is 1. The van der Waals surface area contributed by atoms with Crippen molar-refractivity contribution in [3.05, 3.63) is 113 Å². The topological polar surface area (TPSA) is 24.9 Å². The molecule has 4 rings (SSSR count). The molecule has 1 heterocycles. The molecule has 4 aromatic rings. The standard InChI is InChI=1S/C24H21BrN2S/c1-17(25)22-16-28-24(27-22)26-21-15-9-8-14-20(21)23(18-10-4-2-5-11-18)19-12-6-3-7-13-19/h2-17,23H,1H3,(H,26,27). The second-order valence-corrected chi connectivity index (χ2v) is 8.89. The molecule has 2 nitrogen and oxygen atoms in total. The third kappa shape index (κ3) is 4.18. The van der Waals surface area contributed by atoms with Crippen molar-refractivity contribution in [1.29, 1.82) is 0 Å². The molecule has 0 aliphatic carbocycles. The first-order valence-corrected chi connectivity index (χ1v) is 11.1. The molecule has 3 aromatic carbocycles. The Balaban J connectivity index is 1.77. The van der Waals surface area contributed by atoms with Gasteiger partial charge < -0.3 is 5.32 Å². The highest BCUT2D eigenvalue weighted by Crippen LogP contribution is 2.37. The predicted molar refractivity (Wildman–Crippen MR) is 123 cm³/mol. The SMILES string of the molecule is CC(Br)c1csc(Nc2ccccc2C(c2ccccc2)c2ccccc2)n1. The van der Waals surface area contributed by atoms with Gasteiger partial charge in [0.25, 0.3) is 0 Å². The number of hydrogen-bond acceptors (Lipinski definition) is 3. The number of para-hydroxylation sites is 1. The van der Waals surface area contributed by atoms with Crippen LogP contribution in [0, 0.1) is 0 Å². The second-order valence-electron chi connectivity index (χ2n) is 6.66. The van der Waals surface area contributed by atoms with Crippen LogP contribution in [0.15, 0.2) is 90.3 Å². The Kier molecular flexibility index (Phi) is 5.89. The van der Waals surface area contributed by atoms with Gasteiger partial charge in [0.1, 0.15) is 0 Å². The number of hydrogen-bond donors (Lipinski definition) is 1. The zero-order valence-corrected chi connectivity index (χ0v) is 18.0. The number of nitrogens with one attached hydrogen (secondary N) is 1. The van der Waals surface area contributed by atoms with E-state index < -0.39 is 0 Å². The van der Waals surface area contributed by atoms with Crippen LogP contribution in [0.3, 0.4) is 0 Å². The van der Waals surface area contributed by atoms with Crippen molar-refractivity contribution in [1.82, 2.24) is 4.98 Å². The van der Waals surface area contributed by atoms with Gasteiger partial charge in [-0.1, -0.05) is 94.8 Å². The molecule has 1 atom stereocenters. The highest BCUT2D eigenvalue weighted by Gasteiger charge is 2.20. The van der Waals surface area contributed by atoms with Gasteiger partial charge in [-0.15, -0.1) is 11.3 Å². The van der Waals surface area contributed by atoms with Crippen molar-refractivity contribution in [2.75, 3.05) is 5.32 Å². The summed E-state index contributed by atoms with van der Waals surface area (Å²) in [6.07, 6.45) is 0. The first-order valence-electron chi connectivity index (χ1n) is 9.27. The Morgan fingerprint density at radius 1 is 0.821 bits per heavy atom. The molecule has 0 aliphatic heterocycles. The van der Waals surface area contributed by atoms with Crippen molar-refractivity contribution in [2.45, 2.75) is 17.7 Å². The lowest BCUT2D eigenvalue weighted by Gasteiger charge is -2.22. The molecule has 0 spiro atoms. The predicted octanol–water partition coefficient (Wildman–Crippen LogP) is 7.52. The van der Waals surface area contributed by atoms with Gasteiger partial charge in [0.05, 0.1) is 10.5 Å². The Bertz CT molecular complexity index is 989. The number of thiazole rings is 1. The third-order valence-corrected chi connectivity index (χ3v) is 5.95. The minimum absolute atomic E-state index is 0.153. The summed E-state index contributed by atoms with van der Waals surface area (Å²) < 4.78 is 0. The molecule has 0 radical (unpaired) electrons. The largest absolute Gasteiger partial charge is 0.331 e. The van der Waals surface area contributed by atoms with Crippen molar-refractivity contribution < 1.29 is 0 Å². The minimum Gasteiger partial charge on any atom is -0.331 e. The fourth-order valence-electron chi connectivity index (χ4n) is 3.35. The van der Waals surface area contributed by atoms with Crippen molar-refractivity contribution in [2.24, 2.45) is 0 Å². The summed E-state index contributed by atoms with van der Waals surface area (Å²) in [5, 5.41) is 6.56. The van der Waals surface area contributed by atoms with Gasteiger partial charge in [-0.05, 0) is 29.7 Å². The molecule has 0 bridgehead atoms. The van der Waals surface area contributed by atoms with Crippen LogP contribution >= 0.6 is 27.3 Å². The summed E-state index contributed by atoms with van der Waals surface area (Å²) in [6.45, 7) is 2.09. The molecule has 0 fully saturated rings. The zero-order valence-electron chi connectivity index (χ0n) is 15.5. The molecule has 0 saturated carbocycles. The Morgan fingerprint density at radius 3 is 1.96 bits per heavy atom. The minimum atomic E-state index is 0.153. The van der Waals surface area contributed by atoms with E-state index in [-0.39, 0.29) is 10.7 Å². The Hall–Kier alpha value is -2.43. The summed E-state index contributed by atoms with van der Waals surface area (Å²) in [7, 11) is 0. The van der Waals surface area contributed by atoms with Crippen LogP contribution in [0.25, 0.3) is 0 Å². The van der Waals surface area contributed by atoms with Crippen molar-refractivity contribution >= 4 is 38.1 Å². The summed E-state index contributed by atoms with van der Waals surface area (Å²) in [5.41, 5.74) is 5.92. The van der Waals surface area contributed by atoms with Crippen LogP contribution < -0.4 is 5.32 Å². The number of alkyl halides is 1. The number of anilines is 2. The fourth-order valence-corrected chi connectivity index (χ4v) is 4.57. The lowest BCUT2D eigenvalue weighted by Crippen LogP contribution is -2.06. The van der Waals surface area contributed by atoms with Gasteiger partial charge in [-0.25, -0.2) is 4.98 Å². The average molecular weight is 449 g/mol. The molecular formula is C24H21BrN2S. The van der Waals surface area contributed by atoms with Crippen LogP contribution in [0.4, 0.5) is 10.8 Å². The number of aromatic nitrogens is 1. The zero-order chi connectivity index (χ0) is 19.3. The highest BCUT2D eigenvalue weighted by atomic mass is 79.9. The van der Waals surface area contributed by atoms with E-state index in [1.165, 1.54) is 16.7 Å². The van der Waals surface area contributed by atoms with Crippen molar-refractivity contribution in [3.8, 4) is 0 Å². The monoisotopic (exact) mass is 448 g/mol. The van der Waals surface area contributed by atoms with E-state index in [9.17, 15) is 0 Å². The van der Waals surface area contributed by atoms with Crippen LogP contribution in [-0.4, -0.2) is 4.98 Å². The van der Waals surface area contributed by atoms with E-state index in [2.05, 4.69) is 118 Å². The highest BCUT2D eigenvalue weighted by molar-refractivity contribution is 9.09. The summed E-state index contributed by atoms with van der Waals surface area (Å²) in [4.78, 5) is 4.96. The van der Waals surface area contributed by atoms with Crippen LogP contribution in [0.1, 0.15) is 40.1 Å². The quantitative estimate of drug-likeness (QED) is 0.243. The molecule has 1 N–H and O–H groups in total. The Morgan fingerprint density at radius 2 is 1.39 bits per heavy atom. The average Bonchev–Trinajstić information content (AvgIpc) is 3.20. The van der Waals surface area contributed by atoms with Gasteiger partial charge in [0.2, 0.25) is 0 Å². The van der Waals surface area contributed by atoms with E-state index in [0.717, 1.165) is 16.5 Å². The van der Waals surface area contributed by atoms with E-state index >= 15 is 0 Å². The van der Waals surface area contributed by atoms with Crippen LogP contribution in [0.2, 0.25) is 0 Å². The lowest BCUT2D eigenvalue weighted by atomic mass is 9.84. The second kappa shape index (κ2) is 8.72. The van der Waals surface area contributed by atoms with Gasteiger partial charge >= 0.3 is 0 Å². The molecule has 28 heavy (non-hydrogen) atoms. The lowest BCUT2D eigenvalue weighted by molar-refractivity contribution is 0.978. The first kappa shape index (κ1) is 18.9. The van der Waals surface area contributed by atoms with Crippen LogP contribution in [-0.2, 0) is 0 Å². The molecule has 1 unspecified atom stereocenters. The number of benzene rings is 3. The summed E-state index contributed by atoms with van der Waals surface area (Å²) in [6, 6.07) is 29.8.